The SMILES string of the molecule is CCC(CC)NCc1cccnc1C(N)=NO. The van der Waals surface area contributed by atoms with Gasteiger partial charge in [0.1, 0.15) is 5.69 Å². The summed E-state index contributed by atoms with van der Waals surface area (Å²) in [4.78, 5) is 4.12. The predicted octanol–water partition coefficient (Wildman–Crippen LogP) is 1.45. The van der Waals surface area contributed by atoms with E-state index in [1.165, 1.54) is 0 Å². The molecule has 0 aliphatic heterocycles. The van der Waals surface area contributed by atoms with Gasteiger partial charge in [-0.3, -0.25) is 4.98 Å². The van der Waals surface area contributed by atoms with Gasteiger partial charge in [-0.15, -0.1) is 0 Å². The molecule has 0 bridgehead atoms. The van der Waals surface area contributed by atoms with Crippen LogP contribution in [0.15, 0.2) is 23.5 Å². The second kappa shape index (κ2) is 6.85. The maximum Gasteiger partial charge on any atom is 0.189 e. The highest BCUT2D eigenvalue weighted by Crippen LogP contribution is 2.06. The summed E-state index contributed by atoms with van der Waals surface area (Å²) in [6.07, 6.45) is 3.79. The van der Waals surface area contributed by atoms with Crippen LogP contribution >= 0.6 is 0 Å². The zero-order valence-electron chi connectivity index (χ0n) is 10.3. The third kappa shape index (κ3) is 3.71. The van der Waals surface area contributed by atoms with E-state index in [4.69, 9.17) is 10.9 Å². The van der Waals surface area contributed by atoms with Gasteiger partial charge in [0.25, 0.3) is 0 Å². The van der Waals surface area contributed by atoms with Crippen molar-refractivity contribution in [2.24, 2.45) is 10.9 Å². The van der Waals surface area contributed by atoms with E-state index in [9.17, 15) is 0 Å². The second-order valence-corrected chi connectivity index (χ2v) is 3.89. The summed E-state index contributed by atoms with van der Waals surface area (Å²) in [6, 6.07) is 4.25. The minimum absolute atomic E-state index is 0.0481. The molecule has 0 amide bonds. The molecule has 1 heterocycles. The normalized spacial score (nSPS) is 12.1. The summed E-state index contributed by atoms with van der Waals surface area (Å²) in [7, 11) is 0. The molecule has 1 aromatic heterocycles. The fraction of sp³-hybridized carbons (Fsp3) is 0.500. The van der Waals surface area contributed by atoms with E-state index in [2.05, 4.69) is 29.3 Å². The minimum Gasteiger partial charge on any atom is -0.409 e. The Morgan fingerprint density at radius 2 is 2.24 bits per heavy atom. The van der Waals surface area contributed by atoms with Gasteiger partial charge in [0.2, 0.25) is 0 Å². The predicted molar refractivity (Wildman–Crippen MR) is 68.0 cm³/mol. The van der Waals surface area contributed by atoms with Crippen LogP contribution in [0.5, 0.6) is 0 Å². The lowest BCUT2D eigenvalue weighted by molar-refractivity contribution is 0.318. The van der Waals surface area contributed by atoms with Crippen LogP contribution in [0.3, 0.4) is 0 Å². The largest absolute Gasteiger partial charge is 0.409 e. The van der Waals surface area contributed by atoms with Gasteiger partial charge in [0.05, 0.1) is 0 Å². The summed E-state index contributed by atoms with van der Waals surface area (Å²) >= 11 is 0. The van der Waals surface area contributed by atoms with E-state index in [1.807, 2.05) is 12.1 Å². The first-order valence-electron chi connectivity index (χ1n) is 5.88. The van der Waals surface area contributed by atoms with Crippen molar-refractivity contribution in [3.8, 4) is 0 Å². The van der Waals surface area contributed by atoms with Gasteiger partial charge in [-0.05, 0) is 24.5 Å². The van der Waals surface area contributed by atoms with Gasteiger partial charge in [-0.1, -0.05) is 25.1 Å². The minimum atomic E-state index is 0.0481. The lowest BCUT2D eigenvalue weighted by atomic mass is 10.1. The van der Waals surface area contributed by atoms with Gasteiger partial charge in [0.15, 0.2) is 5.84 Å². The molecule has 5 nitrogen and oxygen atoms in total. The Morgan fingerprint density at radius 1 is 1.53 bits per heavy atom. The lowest BCUT2D eigenvalue weighted by Gasteiger charge is -2.15. The first-order valence-corrected chi connectivity index (χ1v) is 5.88. The molecule has 17 heavy (non-hydrogen) atoms. The molecule has 0 atom stereocenters. The quantitative estimate of drug-likeness (QED) is 0.302. The third-order valence-corrected chi connectivity index (χ3v) is 2.81. The summed E-state index contributed by atoms with van der Waals surface area (Å²) in [6.45, 7) is 4.97. The third-order valence-electron chi connectivity index (χ3n) is 2.81. The lowest BCUT2D eigenvalue weighted by Crippen LogP contribution is -2.28. The van der Waals surface area contributed by atoms with Crippen LogP contribution in [0.25, 0.3) is 0 Å². The smallest absolute Gasteiger partial charge is 0.189 e. The molecule has 0 aliphatic rings. The average Bonchev–Trinajstić information content (AvgIpc) is 2.39. The number of nitrogens with one attached hydrogen (secondary N) is 1. The molecule has 0 radical (unpaired) electrons. The van der Waals surface area contributed by atoms with Crippen LogP contribution in [-0.4, -0.2) is 22.1 Å². The Hall–Kier alpha value is -1.62. The topological polar surface area (TPSA) is 83.5 Å². The van der Waals surface area contributed by atoms with Crippen LogP contribution in [0, 0.1) is 0 Å². The molecule has 0 fully saturated rings. The summed E-state index contributed by atoms with van der Waals surface area (Å²) in [5, 5.41) is 15.1. The van der Waals surface area contributed by atoms with E-state index < -0.39 is 0 Å². The van der Waals surface area contributed by atoms with Crippen LogP contribution in [0.4, 0.5) is 0 Å². The van der Waals surface area contributed by atoms with E-state index in [-0.39, 0.29) is 5.84 Å². The number of nitrogens with zero attached hydrogens (tertiary/aromatic N) is 2. The molecule has 0 spiro atoms. The maximum atomic E-state index is 8.68. The van der Waals surface area contributed by atoms with Crippen LogP contribution in [0.1, 0.15) is 37.9 Å². The molecule has 4 N–H and O–H groups in total. The van der Waals surface area contributed by atoms with Crippen molar-refractivity contribution in [2.45, 2.75) is 39.3 Å². The number of hydrogen-bond acceptors (Lipinski definition) is 4. The van der Waals surface area contributed by atoms with Crippen molar-refractivity contribution in [3.63, 3.8) is 0 Å². The Bertz CT molecular complexity index is 375. The monoisotopic (exact) mass is 236 g/mol. The molecule has 1 rings (SSSR count). The highest BCUT2D eigenvalue weighted by Gasteiger charge is 2.09. The molecule has 0 saturated carbocycles. The number of hydrogen-bond donors (Lipinski definition) is 3. The van der Waals surface area contributed by atoms with E-state index in [0.717, 1.165) is 18.4 Å². The molecule has 94 valence electrons. The number of amidine groups is 1. The molecule has 0 aliphatic carbocycles. The average molecular weight is 236 g/mol. The summed E-state index contributed by atoms with van der Waals surface area (Å²) in [5.74, 6) is 0.0481. The van der Waals surface area contributed by atoms with Crippen molar-refractivity contribution in [1.82, 2.24) is 10.3 Å². The van der Waals surface area contributed by atoms with Crippen LogP contribution in [0.2, 0.25) is 0 Å². The van der Waals surface area contributed by atoms with E-state index in [0.29, 0.717) is 18.3 Å². The van der Waals surface area contributed by atoms with Gasteiger partial charge < -0.3 is 16.3 Å². The van der Waals surface area contributed by atoms with Gasteiger partial charge in [-0.25, -0.2) is 0 Å². The first-order chi connectivity index (χ1) is 8.22. The fourth-order valence-electron chi connectivity index (χ4n) is 1.69. The van der Waals surface area contributed by atoms with E-state index in [1.54, 1.807) is 6.20 Å². The highest BCUT2D eigenvalue weighted by molar-refractivity contribution is 5.96. The summed E-state index contributed by atoms with van der Waals surface area (Å²) < 4.78 is 0. The molecular formula is C12H20N4O. The van der Waals surface area contributed by atoms with Crippen LogP contribution in [-0.2, 0) is 6.54 Å². The standard InChI is InChI=1S/C12H20N4O/c1-3-10(4-2)15-8-9-6-5-7-14-11(9)12(13)16-17/h5-7,10,15,17H,3-4,8H2,1-2H3,(H2,13,16). The van der Waals surface area contributed by atoms with Crippen molar-refractivity contribution >= 4 is 5.84 Å². The number of pyridine rings is 1. The van der Waals surface area contributed by atoms with Gasteiger partial charge in [0, 0.05) is 18.8 Å². The second-order valence-electron chi connectivity index (χ2n) is 3.89. The van der Waals surface area contributed by atoms with Crippen LogP contribution < -0.4 is 11.1 Å². The number of aromatic nitrogens is 1. The number of nitrogens with two attached hydrogens (primary N) is 1. The zero-order chi connectivity index (χ0) is 12.7. The molecule has 1 aromatic rings. The van der Waals surface area contributed by atoms with Crippen molar-refractivity contribution in [1.29, 1.82) is 0 Å². The fourth-order valence-corrected chi connectivity index (χ4v) is 1.69. The zero-order valence-corrected chi connectivity index (χ0v) is 10.3. The first kappa shape index (κ1) is 13.4. The molecular weight excluding hydrogens is 216 g/mol. The summed E-state index contributed by atoms with van der Waals surface area (Å²) in [5.41, 5.74) is 7.05. The highest BCUT2D eigenvalue weighted by atomic mass is 16.4. The van der Waals surface area contributed by atoms with Crippen molar-refractivity contribution in [2.75, 3.05) is 0 Å². The Labute approximate surface area is 102 Å². The Morgan fingerprint density at radius 3 is 2.82 bits per heavy atom. The molecule has 0 saturated heterocycles. The number of rotatable bonds is 6. The number of oxime groups is 1. The van der Waals surface area contributed by atoms with Gasteiger partial charge in [-0.2, -0.15) is 0 Å². The Balaban J connectivity index is 2.77. The molecule has 0 aromatic carbocycles. The Kier molecular flexibility index (Phi) is 5.42. The molecule has 5 heteroatoms. The van der Waals surface area contributed by atoms with E-state index >= 15 is 0 Å². The molecule has 0 unspecified atom stereocenters. The maximum absolute atomic E-state index is 8.68. The van der Waals surface area contributed by atoms with Crippen molar-refractivity contribution < 1.29 is 5.21 Å². The van der Waals surface area contributed by atoms with Gasteiger partial charge >= 0.3 is 0 Å². The van der Waals surface area contributed by atoms with Crippen molar-refractivity contribution in [3.05, 3.63) is 29.6 Å².